The molecule has 0 fully saturated rings. The highest BCUT2D eigenvalue weighted by molar-refractivity contribution is 6.23. The predicted octanol–water partition coefficient (Wildman–Crippen LogP) is 19.9. The second-order valence-electron chi connectivity index (χ2n) is 22.3. The van der Waals surface area contributed by atoms with E-state index in [0.29, 0.717) is 5.56 Å². The molecule has 1 heterocycles. The van der Waals surface area contributed by atoms with Crippen LogP contribution in [0.1, 0.15) is 55.5 Å². The minimum absolute atomic E-state index is 0.148. The number of para-hydroxylation sites is 1. The number of rotatable bonds is 6. The molecule has 15 rings (SSSR count). The van der Waals surface area contributed by atoms with Crippen molar-refractivity contribution in [1.82, 2.24) is 4.57 Å². The smallest absolute Gasteiger partial charge is 0.0992 e. The summed E-state index contributed by atoms with van der Waals surface area (Å²) in [5.41, 5.74) is 26.3. The quantitative estimate of drug-likeness (QED) is 0.153. The van der Waals surface area contributed by atoms with Crippen molar-refractivity contribution in [3.8, 4) is 89.6 Å². The molecule has 0 bridgehead atoms. The summed E-state index contributed by atoms with van der Waals surface area (Å²) in [6, 6.07) is 92.4. The van der Waals surface area contributed by atoms with Crippen molar-refractivity contribution < 1.29 is 0 Å². The van der Waals surface area contributed by atoms with Crippen LogP contribution < -0.4 is 0 Å². The molecule has 0 N–H and O–H groups in total. The number of nitriles is 1. The van der Waals surface area contributed by atoms with Gasteiger partial charge in [-0.3, -0.25) is 0 Å². The summed E-state index contributed by atoms with van der Waals surface area (Å²) in [5.74, 6) is 0. The van der Waals surface area contributed by atoms with Crippen molar-refractivity contribution in [3.63, 3.8) is 0 Å². The van der Waals surface area contributed by atoms with Crippen molar-refractivity contribution in [1.29, 1.82) is 5.26 Å². The number of benzene rings is 12. The van der Waals surface area contributed by atoms with E-state index in [1.54, 1.807) is 0 Å². The highest BCUT2D eigenvalue weighted by Crippen LogP contribution is 2.54. The van der Waals surface area contributed by atoms with E-state index in [1.165, 1.54) is 105 Å². The summed E-state index contributed by atoms with van der Waals surface area (Å²) < 4.78 is 2.29. The fraction of sp³-hybridized carbons (Fsp3) is 0.0800. The highest BCUT2D eigenvalue weighted by Gasteiger charge is 2.37. The molecule has 13 aromatic rings. The molecule has 2 aliphatic carbocycles. The largest absolute Gasteiger partial charge is 0.309 e. The van der Waals surface area contributed by atoms with Crippen LogP contribution in [0.4, 0.5) is 0 Å². The van der Waals surface area contributed by atoms with Gasteiger partial charge in [0.1, 0.15) is 0 Å². The first-order valence-electron chi connectivity index (χ1n) is 26.9. The lowest BCUT2D eigenvalue weighted by Crippen LogP contribution is -2.15. The molecule has 2 heteroatoms. The van der Waals surface area contributed by atoms with Crippen LogP contribution in [-0.2, 0) is 10.8 Å². The second-order valence-corrected chi connectivity index (χ2v) is 22.3. The minimum atomic E-state index is -0.154. The lowest BCUT2D eigenvalue weighted by Gasteiger charge is -2.24. The molecule has 0 saturated carbocycles. The average molecular weight is 981 g/mol. The summed E-state index contributed by atoms with van der Waals surface area (Å²) in [6.45, 7) is 9.53. The highest BCUT2D eigenvalue weighted by atomic mass is 15.0. The van der Waals surface area contributed by atoms with Crippen molar-refractivity contribution in [2.24, 2.45) is 0 Å². The Bertz CT molecular complexity index is 4660. The Balaban J connectivity index is 0.941. The third kappa shape index (κ3) is 6.73. The SMILES string of the molecule is CC1(C)c2ccccc2-c2ccc(-c3c4ccc(-c5ccc(-c6ccc7c8ccc(C#N)cc8n(-c8ccccc8)c7c6)cc5)cc4c(-c4ccc5c(c4)C(C)(C)c4ccccc4-5)c4ccc(-c5ccccc5)cc34)cc21. The molecule has 0 unspecified atom stereocenters. The van der Waals surface area contributed by atoms with Gasteiger partial charge in [0.05, 0.1) is 22.7 Å². The molecular weight excluding hydrogens is 929 g/mol. The normalized spacial score (nSPS) is 13.6. The van der Waals surface area contributed by atoms with E-state index in [4.69, 9.17) is 0 Å². The molecule has 77 heavy (non-hydrogen) atoms. The fourth-order valence-electron chi connectivity index (χ4n) is 13.5. The predicted molar refractivity (Wildman–Crippen MR) is 323 cm³/mol. The summed E-state index contributed by atoms with van der Waals surface area (Å²) in [5, 5.41) is 17.1. The number of aromatic nitrogens is 1. The number of fused-ring (bicyclic) bond motifs is 11. The maximum atomic E-state index is 9.88. The Labute approximate surface area is 449 Å². The van der Waals surface area contributed by atoms with Crippen molar-refractivity contribution in [2.45, 2.75) is 38.5 Å². The van der Waals surface area contributed by atoms with Gasteiger partial charge in [0.15, 0.2) is 0 Å². The van der Waals surface area contributed by atoms with Crippen molar-refractivity contribution in [2.75, 3.05) is 0 Å². The van der Waals surface area contributed by atoms with Gasteiger partial charge in [-0.25, -0.2) is 0 Å². The van der Waals surface area contributed by atoms with Gasteiger partial charge >= 0.3 is 0 Å². The molecule has 0 saturated heterocycles. The topological polar surface area (TPSA) is 28.7 Å². The number of hydrogen-bond acceptors (Lipinski definition) is 1. The van der Waals surface area contributed by atoms with E-state index in [1.807, 2.05) is 18.2 Å². The Morgan fingerprint density at radius 3 is 1.21 bits per heavy atom. The molecule has 12 aromatic carbocycles. The molecule has 2 nitrogen and oxygen atoms in total. The first kappa shape index (κ1) is 44.9. The summed E-state index contributed by atoms with van der Waals surface area (Å²) in [6.07, 6.45) is 0. The molecule has 0 amide bonds. The van der Waals surface area contributed by atoms with Crippen LogP contribution in [0, 0.1) is 11.3 Å². The van der Waals surface area contributed by atoms with Gasteiger partial charge in [-0.05, 0) is 176 Å². The van der Waals surface area contributed by atoms with Crippen LogP contribution in [0.3, 0.4) is 0 Å². The molecule has 2 aliphatic rings. The second kappa shape index (κ2) is 16.7. The van der Waals surface area contributed by atoms with Crippen LogP contribution in [-0.4, -0.2) is 4.57 Å². The standard InChI is InChI=1S/C75H52N2/c1-74(2)66-21-13-11-19-56(66)58-34-31-53(42-68(58)74)72-63-38-30-51(48-24-26-49(27-25-48)52-28-36-61-60-33-23-46(45-76)39-70(60)77(71(61)44-52)55-17-9-6-10-18-55)41-65(63)73(62-37-29-50(40-64(62)72)47-15-7-5-8-16-47)54-32-35-59-57-20-12-14-22-67(57)75(3,4)69(59)43-54/h5-44H,1-4H3. The van der Waals surface area contributed by atoms with Crippen LogP contribution in [0.15, 0.2) is 243 Å². The molecule has 0 aliphatic heterocycles. The Kier molecular flexibility index (Phi) is 9.75. The molecular formula is C75H52N2. The minimum Gasteiger partial charge on any atom is -0.309 e. The Hall–Kier alpha value is -9.55. The summed E-state index contributed by atoms with van der Waals surface area (Å²) in [7, 11) is 0. The van der Waals surface area contributed by atoms with Crippen LogP contribution in [0.25, 0.3) is 127 Å². The third-order valence-electron chi connectivity index (χ3n) is 17.4. The molecule has 1 aromatic heterocycles. The Morgan fingerprint density at radius 1 is 0.299 bits per heavy atom. The summed E-state index contributed by atoms with van der Waals surface area (Å²) >= 11 is 0. The zero-order valence-electron chi connectivity index (χ0n) is 43.5. The van der Waals surface area contributed by atoms with Gasteiger partial charge in [-0.1, -0.05) is 216 Å². The summed E-state index contributed by atoms with van der Waals surface area (Å²) in [4.78, 5) is 0. The van der Waals surface area contributed by atoms with E-state index >= 15 is 0 Å². The number of hydrogen-bond donors (Lipinski definition) is 0. The van der Waals surface area contributed by atoms with Gasteiger partial charge < -0.3 is 4.57 Å². The maximum Gasteiger partial charge on any atom is 0.0992 e. The molecule has 0 atom stereocenters. The van der Waals surface area contributed by atoms with Gasteiger partial charge in [0.2, 0.25) is 0 Å². The van der Waals surface area contributed by atoms with Crippen molar-refractivity contribution >= 4 is 43.4 Å². The Morgan fingerprint density at radius 2 is 0.688 bits per heavy atom. The third-order valence-corrected chi connectivity index (χ3v) is 17.4. The lowest BCUT2D eigenvalue weighted by molar-refractivity contribution is 0.660. The first-order chi connectivity index (χ1) is 37.6. The van der Waals surface area contributed by atoms with Gasteiger partial charge in [0, 0.05) is 27.3 Å². The number of nitrogens with zero attached hydrogens (tertiary/aromatic N) is 2. The van der Waals surface area contributed by atoms with E-state index in [-0.39, 0.29) is 10.8 Å². The van der Waals surface area contributed by atoms with Crippen LogP contribution in [0.5, 0.6) is 0 Å². The lowest BCUT2D eigenvalue weighted by atomic mass is 9.79. The van der Waals surface area contributed by atoms with Crippen molar-refractivity contribution in [3.05, 3.63) is 270 Å². The van der Waals surface area contributed by atoms with E-state index < -0.39 is 0 Å². The zero-order chi connectivity index (χ0) is 51.7. The average Bonchev–Trinajstić information content (AvgIpc) is 4.19. The van der Waals surface area contributed by atoms with E-state index in [9.17, 15) is 5.26 Å². The molecule has 0 spiro atoms. The molecule has 362 valence electrons. The zero-order valence-corrected chi connectivity index (χ0v) is 43.5. The van der Waals surface area contributed by atoms with Gasteiger partial charge in [-0.2, -0.15) is 5.26 Å². The van der Waals surface area contributed by atoms with Gasteiger partial charge in [-0.15, -0.1) is 0 Å². The fourth-order valence-corrected chi connectivity index (χ4v) is 13.5. The maximum absolute atomic E-state index is 9.88. The molecule has 0 radical (unpaired) electrons. The van der Waals surface area contributed by atoms with E-state index in [0.717, 1.165) is 44.2 Å². The van der Waals surface area contributed by atoms with E-state index in [2.05, 4.69) is 263 Å². The van der Waals surface area contributed by atoms with Crippen LogP contribution >= 0.6 is 0 Å². The monoisotopic (exact) mass is 980 g/mol. The first-order valence-corrected chi connectivity index (χ1v) is 26.9. The van der Waals surface area contributed by atoms with Crippen LogP contribution in [0.2, 0.25) is 0 Å². The van der Waals surface area contributed by atoms with Gasteiger partial charge in [0.25, 0.3) is 0 Å².